The van der Waals surface area contributed by atoms with Gasteiger partial charge in [-0.25, -0.2) is 5.01 Å². The van der Waals surface area contributed by atoms with Crippen molar-refractivity contribution in [2.24, 2.45) is 11.8 Å². The molecule has 0 aromatic heterocycles. The minimum atomic E-state index is -1.18. The van der Waals surface area contributed by atoms with E-state index in [4.69, 9.17) is 34.8 Å². The number of hydrogen-bond acceptors (Lipinski definition) is 4. The molecule has 0 unspecified atom stereocenters. The SMILES string of the molecule is O=C(c1ccc(Cl)cc1)[C@@H](CCCl)N(C(=O)c1ccc(Cl)cc1)N1C(=O)[C@H]2CC=CC[C@H]2C1=O. The first kappa shape index (κ1) is 24.5. The van der Waals surface area contributed by atoms with Crippen LogP contribution in [0.4, 0.5) is 0 Å². The van der Waals surface area contributed by atoms with Crippen LogP contribution in [0.3, 0.4) is 0 Å². The van der Waals surface area contributed by atoms with E-state index in [1.54, 1.807) is 12.1 Å². The molecule has 1 saturated heterocycles. The number of ketones is 1. The second-order valence-electron chi connectivity index (χ2n) is 8.17. The number of nitrogens with zero attached hydrogens (tertiary/aromatic N) is 2. The molecular formula is C25H21Cl3N2O4. The molecule has 1 fully saturated rings. The molecule has 3 amide bonds. The van der Waals surface area contributed by atoms with E-state index in [2.05, 4.69) is 0 Å². The van der Waals surface area contributed by atoms with Gasteiger partial charge in [0.2, 0.25) is 0 Å². The molecule has 2 aromatic carbocycles. The summed E-state index contributed by atoms with van der Waals surface area (Å²) in [6, 6.07) is 11.0. The van der Waals surface area contributed by atoms with Crippen molar-refractivity contribution < 1.29 is 19.2 Å². The summed E-state index contributed by atoms with van der Waals surface area (Å²) in [7, 11) is 0. The number of fused-ring (bicyclic) bond motifs is 1. The van der Waals surface area contributed by atoms with E-state index in [-0.39, 0.29) is 23.4 Å². The Hall–Kier alpha value is -2.67. The van der Waals surface area contributed by atoms with Gasteiger partial charge >= 0.3 is 0 Å². The molecule has 3 atom stereocenters. The highest BCUT2D eigenvalue weighted by molar-refractivity contribution is 6.31. The van der Waals surface area contributed by atoms with E-state index < -0.39 is 41.4 Å². The summed E-state index contributed by atoms with van der Waals surface area (Å²) in [6.07, 6.45) is 4.56. The van der Waals surface area contributed by atoms with E-state index in [9.17, 15) is 19.2 Å². The van der Waals surface area contributed by atoms with Crippen LogP contribution in [0.15, 0.2) is 60.7 Å². The lowest BCUT2D eigenvalue weighted by Gasteiger charge is -2.36. The molecule has 34 heavy (non-hydrogen) atoms. The largest absolute Gasteiger partial charge is 0.292 e. The summed E-state index contributed by atoms with van der Waals surface area (Å²) in [6.45, 7) is 0. The second kappa shape index (κ2) is 10.3. The number of hydrogen-bond donors (Lipinski definition) is 0. The van der Waals surface area contributed by atoms with Gasteiger partial charge in [-0.2, -0.15) is 5.01 Å². The fourth-order valence-corrected chi connectivity index (χ4v) is 4.82. The molecule has 1 aliphatic heterocycles. The molecule has 9 heteroatoms. The lowest BCUT2D eigenvalue weighted by atomic mass is 9.85. The summed E-state index contributed by atoms with van der Waals surface area (Å²) >= 11 is 18.0. The molecule has 0 bridgehead atoms. The van der Waals surface area contributed by atoms with Crippen LogP contribution in [0.5, 0.6) is 0 Å². The van der Waals surface area contributed by atoms with E-state index >= 15 is 0 Å². The van der Waals surface area contributed by atoms with Gasteiger partial charge < -0.3 is 0 Å². The van der Waals surface area contributed by atoms with Crippen LogP contribution >= 0.6 is 34.8 Å². The van der Waals surface area contributed by atoms with Gasteiger partial charge in [0, 0.05) is 27.1 Å². The second-order valence-corrected chi connectivity index (χ2v) is 9.42. The molecule has 176 valence electrons. The van der Waals surface area contributed by atoms with Gasteiger partial charge in [-0.1, -0.05) is 35.4 Å². The van der Waals surface area contributed by atoms with Crippen molar-refractivity contribution in [3.63, 3.8) is 0 Å². The fraction of sp³-hybridized carbons (Fsp3) is 0.280. The number of allylic oxidation sites excluding steroid dienone is 2. The van der Waals surface area contributed by atoms with E-state index in [1.165, 1.54) is 36.4 Å². The van der Waals surface area contributed by atoms with Crippen molar-refractivity contribution in [1.29, 1.82) is 0 Å². The first-order valence-corrected chi connectivity index (χ1v) is 12.1. The zero-order chi connectivity index (χ0) is 24.4. The van der Waals surface area contributed by atoms with Gasteiger partial charge in [0.1, 0.15) is 6.04 Å². The Labute approximate surface area is 212 Å². The summed E-state index contributed by atoms with van der Waals surface area (Å²) in [5, 5.41) is 2.72. The van der Waals surface area contributed by atoms with Crippen LogP contribution in [0, 0.1) is 11.8 Å². The van der Waals surface area contributed by atoms with Gasteiger partial charge in [-0.3, -0.25) is 19.2 Å². The number of halogens is 3. The number of alkyl halides is 1. The van der Waals surface area contributed by atoms with Crippen LogP contribution in [-0.2, 0) is 9.59 Å². The third kappa shape index (κ3) is 4.63. The molecule has 2 aromatic rings. The average molecular weight is 520 g/mol. The highest BCUT2D eigenvalue weighted by Gasteiger charge is 2.53. The Morgan fingerprint density at radius 2 is 1.32 bits per heavy atom. The predicted octanol–water partition coefficient (Wildman–Crippen LogP) is 5.18. The maximum absolute atomic E-state index is 13.8. The number of carbonyl (C=O) groups is 4. The fourth-order valence-electron chi connectivity index (χ4n) is 4.37. The van der Waals surface area contributed by atoms with Gasteiger partial charge in [0.15, 0.2) is 5.78 Å². The highest BCUT2D eigenvalue weighted by atomic mass is 35.5. The Bertz CT molecular complexity index is 1120. The molecule has 2 aliphatic rings. The predicted molar refractivity (Wildman–Crippen MR) is 130 cm³/mol. The molecule has 0 spiro atoms. The molecule has 6 nitrogen and oxygen atoms in total. The first-order chi connectivity index (χ1) is 16.3. The maximum atomic E-state index is 13.8. The van der Waals surface area contributed by atoms with Crippen LogP contribution in [-0.4, -0.2) is 45.4 Å². The normalized spacial score (nSPS) is 20.3. The Balaban J connectivity index is 1.80. The summed E-state index contributed by atoms with van der Waals surface area (Å²) < 4.78 is 0. The minimum Gasteiger partial charge on any atom is -0.292 e. The quantitative estimate of drug-likeness (QED) is 0.219. The van der Waals surface area contributed by atoms with Crippen molar-refractivity contribution in [3.8, 4) is 0 Å². The van der Waals surface area contributed by atoms with E-state index in [0.29, 0.717) is 22.9 Å². The standard InChI is InChI=1S/C25H21Cl3N2O4/c26-14-13-21(22(31)15-5-9-17(27)10-6-15)29(23(32)16-7-11-18(28)12-8-16)30-24(33)19-3-1-2-4-20(19)25(30)34/h1-2,5-12,19-21H,3-4,13-14H2/t19-,20+,21-/m1/s1. The molecule has 1 aliphatic carbocycles. The molecule has 4 rings (SSSR count). The average Bonchev–Trinajstić information content (AvgIpc) is 3.09. The van der Waals surface area contributed by atoms with Crippen molar-refractivity contribution in [2.75, 3.05) is 5.88 Å². The van der Waals surface area contributed by atoms with E-state index in [1.807, 2.05) is 12.2 Å². The Morgan fingerprint density at radius 1 is 0.853 bits per heavy atom. The monoisotopic (exact) mass is 518 g/mol. The number of imide groups is 1. The smallest absolute Gasteiger partial charge is 0.273 e. The van der Waals surface area contributed by atoms with Gasteiger partial charge in [0.05, 0.1) is 11.8 Å². The Morgan fingerprint density at radius 3 is 1.79 bits per heavy atom. The lowest BCUT2D eigenvalue weighted by Crippen LogP contribution is -2.57. The number of benzene rings is 2. The van der Waals surface area contributed by atoms with E-state index in [0.717, 1.165) is 10.0 Å². The number of carbonyl (C=O) groups excluding carboxylic acids is 4. The minimum absolute atomic E-state index is 0.0268. The van der Waals surface area contributed by atoms with Gasteiger partial charge in [0.25, 0.3) is 17.7 Å². The summed E-state index contributed by atoms with van der Waals surface area (Å²) in [5.74, 6) is -3.22. The Kier molecular flexibility index (Phi) is 7.41. The summed E-state index contributed by atoms with van der Waals surface area (Å²) in [5.41, 5.74) is 0.466. The zero-order valence-corrected chi connectivity index (χ0v) is 20.3. The number of amides is 3. The topological polar surface area (TPSA) is 74.8 Å². The third-order valence-electron chi connectivity index (χ3n) is 6.11. The highest BCUT2D eigenvalue weighted by Crippen LogP contribution is 2.37. The van der Waals surface area contributed by atoms with Crippen molar-refractivity contribution in [1.82, 2.24) is 10.0 Å². The number of Topliss-reactive ketones (excluding diaryl/α,β-unsaturated/α-hetero) is 1. The van der Waals surface area contributed by atoms with Crippen molar-refractivity contribution in [3.05, 3.63) is 81.9 Å². The molecule has 0 radical (unpaired) electrons. The maximum Gasteiger partial charge on any atom is 0.273 e. The number of rotatable bonds is 7. The zero-order valence-electron chi connectivity index (χ0n) is 18.0. The van der Waals surface area contributed by atoms with Gasteiger partial charge in [-0.15, -0.1) is 11.6 Å². The molecule has 1 heterocycles. The number of hydrazine groups is 1. The van der Waals surface area contributed by atoms with Gasteiger partial charge in [-0.05, 0) is 67.8 Å². The summed E-state index contributed by atoms with van der Waals surface area (Å²) in [4.78, 5) is 54.1. The lowest BCUT2D eigenvalue weighted by molar-refractivity contribution is -0.156. The van der Waals surface area contributed by atoms with Crippen LogP contribution in [0.1, 0.15) is 40.0 Å². The van der Waals surface area contributed by atoms with Crippen LogP contribution in [0.25, 0.3) is 0 Å². The van der Waals surface area contributed by atoms with Crippen LogP contribution in [0.2, 0.25) is 10.0 Å². The van der Waals surface area contributed by atoms with Crippen molar-refractivity contribution in [2.45, 2.75) is 25.3 Å². The van der Waals surface area contributed by atoms with Crippen LogP contribution < -0.4 is 0 Å². The third-order valence-corrected chi connectivity index (χ3v) is 6.83. The molecular weight excluding hydrogens is 499 g/mol. The molecule has 0 N–H and O–H groups in total. The first-order valence-electron chi connectivity index (χ1n) is 10.8. The van der Waals surface area contributed by atoms with Crippen molar-refractivity contribution >= 4 is 58.3 Å². The molecule has 0 saturated carbocycles.